The number of carbonyl (C=O) groups is 1. The number of hydrogen-bond acceptors (Lipinski definition) is 2. The molecule has 2 aromatic rings. The monoisotopic (exact) mass is 341 g/mol. The van der Waals surface area contributed by atoms with Gasteiger partial charge in [0.25, 0.3) is 0 Å². The molecule has 1 unspecified atom stereocenters. The zero-order chi connectivity index (χ0) is 17.0. The van der Waals surface area contributed by atoms with Crippen molar-refractivity contribution in [3.05, 3.63) is 59.7 Å². The summed E-state index contributed by atoms with van der Waals surface area (Å²) in [5.41, 5.74) is -0.0617. The summed E-state index contributed by atoms with van der Waals surface area (Å²) >= 11 is 0. The van der Waals surface area contributed by atoms with Crippen molar-refractivity contribution in [2.75, 3.05) is 11.6 Å². The van der Waals surface area contributed by atoms with Crippen molar-refractivity contribution in [3.8, 4) is 0 Å². The molecular weight excluding hydrogens is 327 g/mol. The molecule has 0 aliphatic heterocycles. The molecule has 0 saturated heterocycles. The fraction of sp³-hybridized carbons (Fsp3) is 0.188. The van der Waals surface area contributed by atoms with Crippen LogP contribution in [-0.4, -0.2) is 16.4 Å². The maximum Gasteiger partial charge on any atom is 0.416 e. The lowest BCUT2D eigenvalue weighted by atomic mass is 10.1. The van der Waals surface area contributed by atoms with Gasteiger partial charge in [0.05, 0.1) is 12.0 Å². The Labute approximate surface area is 134 Å². The van der Waals surface area contributed by atoms with E-state index in [9.17, 15) is 22.2 Å². The summed E-state index contributed by atoms with van der Waals surface area (Å²) in [4.78, 5) is 12.5. The van der Waals surface area contributed by atoms with Crippen molar-refractivity contribution in [1.82, 2.24) is 0 Å². The average molecular weight is 341 g/mol. The highest BCUT2D eigenvalue weighted by atomic mass is 32.2. The molecule has 23 heavy (non-hydrogen) atoms. The second-order valence-corrected chi connectivity index (χ2v) is 6.28. The molecule has 0 spiro atoms. The van der Waals surface area contributed by atoms with Gasteiger partial charge in [0.15, 0.2) is 0 Å². The number of hydrogen-bond donors (Lipinski definition) is 1. The van der Waals surface area contributed by atoms with E-state index in [1.807, 2.05) is 0 Å². The van der Waals surface area contributed by atoms with Gasteiger partial charge in [-0.3, -0.25) is 9.00 Å². The van der Waals surface area contributed by atoms with Gasteiger partial charge in [-0.1, -0.05) is 24.3 Å². The van der Waals surface area contributed by atoms with Crippen LogP contribution < -0.4 is 5.32 Å². The Hall–Kier alpha value is -2.15. The Morgan fingerprint density at radius 2 is 1.83 bits per heavy atom. The molecule has 1 atom stereocenters. The second kappa shape index (κ2) is 6.95. The Balaban J connectivity index is 2.08. The van der Waals surface area contributed by atoms with Crippen molar-refractivity contribution >= 4 is 22.4 Å². The fourth-order valence-corrected chi connectivity index (χ4v) is 2.56. The third-order valence-corrected chi connectivity index (χ3v) is 3.99. The maximum absolute atomic E-state index is 12.6. The standard InChI is InChI=1S/C16H14F3NO2S/c1-23(22)14-7-3-6-13(10-14)20-15(21)9-11-4-2-5-12(8-11)16(17,18)19/h2-8,10H,9H2,1H3,(H,20,21). The third kappa shape index (κ3) is 4.92. The molecule has 0 saturated carbocycles. The second-order valence-electron chi connectivity index (χ2n) is 4.91. The summed E-state index contributed by atoms with van der Waals surface area (Å²) in [7, 11) is -1.18. The zero-order valence-corrected chi connectivity index (χ0v) is 13.0. The average Bonchev–Trinajstić information content (AvgIpc) is 2.46. The lowest BCUT2D eigenvalue weighted by Crippen LogP contribution is -2.15. The van der Waals surface area contributed by atoms with Gasteiger partial charge >= 0.3 is 6.18 Å². The van der Waals surface area contributed by atoms with Crippen molar-refractivity contribution < 1.29 is 22.2 Å². The van der Waals surface area contributed by atoms with E-state index >= 15 is 0 Å². The van der Waals surface area contributed by atoms with E-state index in [1.54, 1.807) is 24.3 Å². The summed E-state index contributed by atoms with van der Waals surface area (Å²) < 4.78 is 49.3. The first-order valence-electron chi connectivity index (χ1n) is 6.65. The first kappa shape index (κ1) is 17.2. The van der Waals surface area contributed by atoms with Crippen molar-refractivity contribution in [2.24, 2.45) is 0 Å². The minimum Gasteiger partial charge on any atom is -0.326 e. The smallest absolute Gasteiger partial charge is 0.326 e. The van der Waals surface area contributed by atoms with E-state index in [0.717, 1.165) is 12.1 Å². The van der Waals surface area contributed by atoms with Crippen LogP contribution in [0.4, 0.5) is 18.9 Å². The summed E-state index contributed by atoms with van der Waals surface area (Å²) in [5.74, 6) is -0.441. The third-order valence-electron chi connectivity index (χ3n) is 3.07. The van der Waals surface area contributed by atoms with Crippen LogP contribution in [-0.2, 0) is 28.2 Å². The summed E-state index contributed by atoms with van der Waals surface area (Å²) in [5, 5.41) is 2.59. The highest BCUT2D eigenvalue weighted by Crippen LogP contribution is 2.29. The summed E-state index contributed by atoms with van der Waals surface area (Å²) in [6.45, 7) is 0. The zero-order valence-electron chi connectivity index (χ0n) is 12.2. The lowest BCUT2D eigenvalue weighted by Gasteiger charge is -2.09. The number of rotatable bonds is 4. The lowest BCUT2D eigenvalue weighted by molar-refractivity contribution is -0.137. The predicted octanol–water partition coefficient (Wildman–Crippen LogP) is 3.62. The molecule has 1 amide bonds. The van der Waals surface area contributed by atoms with Gasteiger partial charge in [-0.05, 0) is 29.8 Å². The Bertz CT molecular complexity index is 744. The van der Waals surface area contributed by atoms with E-state index in [1.165, 1.54) is 18.4 Å². The quantitative estimate of drug-likeness (QED) is 0.923. The summed E-state index contributed by atoms with van der Waals surface area (Å²) in [6.07, 6.45) is -3.10. The van der Waals surface area contributed by atoms with Crippen molar-refractivity contribution in [2.45, 2.75) is 17.5 Å². The molecule has 0 radical (unpaired) electrons. The molecule has 0 aromatic heterocycles. The Kier molecular flexibility index (Phi) is 5.20. The number of anilines is 1. The molecule has 0 heterocycles. The van der Waals surface area contributed by atoms with Gasteiger partial charge in [-0.15, -0.1) is 0 Å². The van der Waals surface area contributed by atoms with Crippen LogP contribution in [0.1, 0.15) is 11.1 Å². The normalized spacial score (nSPS) is 12.7. The first-order valence-corrected chi connectivity index (χ1v) is 8.21. The van der Waals surface area contributed by atoms with Crippen molar-refractivity contribution in [3.63, 3.8) is 0 Å². The molecule has 1 N–H and O–H groups in total. The van der Waals surface area contributed by atoms with E-state index in [-0.39, 0.29) is 12.0 Å². The first-order chi connectivity index (χ1) is 10.8. The molecule has 7 heteroatoms. The number of amides is 1. The van der Waals surface area contributed by atoms with Crippen LogP contribution >= 0.6 is 0 Å². The molecule has 0 aliphatic rings. The van der Waals surface area contributed by atoms with Crippen LogP contribution in [0.5, 0.6) is 0 Å². The largest absolute Gasteiger partial charge is 0.416 e. The molecule has 0 bridgehead atoms. The SMILES string of the molecule is CS(=O)c1cccc(NC(=O)Cc2cccc(C(F)(F)F)c2)c1. The number of carbonyl (C=O) groups excluding carboxylic acids is 1. The molecule has 122 valence electrons. The van der Waals surface area contributed by atoms with Crippen LogP contribution in [0.25, 0.3) is 0 Å². The van der Waals surface area contributed by atoms with Gasteiger partial charge < -0.3 is 5.32 Å². The van der Waals surface area contributed by atoms with Gasteiger partial charge in [0.1, 0.15) is 0 Å². The summed E-state index contributed by atoms with van der Waals surface area (Å²) in [6, 6.07) is 11.2. The Morgan fingerprint density at radius 3 is 2.48 bits per heavy atom. The molecule has 0 fully saturated rings. The maximum atomic E-state index is 12.6. The van der Waals surface area contributed by atoms with Crippen LogP contribution in [0, 0.1) is 0 Å². The van der Waals surface area contributed by atoms with E-state index < -0.39 is 28.4 Å². The topological polar surface area (TPSA) is 46.2 Å². The fourth-order valence-electron chi connectivity index (χ4n) is 2.00. The van der Waals surface area contributed by atoms with Gasteiger partial charge in [0.2, 0.25) is 5.91 Å². The van der Waals surface area contributed by atoms with E-state index in [0.29, 0.717) is 10.6 Å². The molecule has 3 nitrogen and oxygen atoms in total. The van der Waals surface area contributed by atoms with E-state index in [4.69, 9.17) is 0 Å². The Morgan fingerprint density at radius 1 is 1.13 bits per heavy atom. The van der Waals surface area contributed by atoms with Gasteiger partial charge in [-0.2, -0.15) is 13.2 Å². The van der Waals surface area contributed by atoms with Crippen LogP contribution in [0.2, 0.25) is 0 Å². The van der Waals surface area contributed by atoms with Gasteiger partial charge in [0, 0.05) is 27.6 Å². The number of alkyl halides is 3. The minimum atomic E-state index is -4.44. The minimum absolute atomic E-state index is 0.177. The highest BCUT2D eigenvalue weighted by Gasteiger charge is 2.30. The molecular formula is C16H14F3NO2S. The van der Waals surface area contributed by atoms with Crippen molar-refractivity contribution in [1.29, 1.82) is 0 Å². The molecule has 2 aromatic carbocycles. The molecule has 2 rings (SSSR count). The number of benzene rings is 2. The number of halogens is 3. The number of nitrogens with one attached hydrogen (secondary N) is 1. The van der Waals surface area contributed by atoms with Crippen LogP contribution in [0.15, 0.2) is 53.4 Å². The highest BCUT2D eigenvalue weighted by molar-refractivity contribution is 7.84. The van der Waals surface area contributed by atoms with Gasteiger partial charge in [-0.25, -0.2) is 0 Å². The predicted molar refractivity (Wildman–Crippen MR) is 82.6 cm³/mol. The van der Waals surface area contributed by atoms with Crippen LogP contribution in [0.3, 0.4) is 0 Å². The van der Waals surface area contributed by atoms with E-state index in [2.05, 4.69) is 5.32 Å². The molecule has 0 aliphatic carbocycles.